The summed E-state index contributed by atoms with van der Waals surface area (Å²) in [5.74, 6) is 0.688. The van der Waals surface area contributed by atoms with E-state index in [1.54, 1.807) is 0 Å². The van der Waals surface area contributed by atoms with Gasteiger partial charge in [-0.15, -0.1) is 0 Å². The first-order chi connectivity index (χ1) is 11.8. The molecular weight excluding hydrogens is 304 g/mol. The molecule has 2 nitrogen and oxygen atoms in total. The van der Waals surface area contributed by atoms with Gasteiger partial charge in [0.15, 0.2) is 0 Å². The molecule has 2 aromatic rings. The molecule has 0 aliphatic carbocycles. The number of hydrogen-bond donors (Lipinski definition) is 1. The maximum absolute atomic E-state index is 6.18. The van der Waals surface area contributed by atoms with Crippen molar-refractivity contribution in [2.75, 3.05) is 0 Å². The van der Waals surface area contributed by atoms with Crippen molar-refractivity contribution in [3.8, 4) is 11.1 Å². The van der Waals surface area contributed by atoms with Gasteiger partial charge in [-0.25, -0.2) is 4.99 Å². The Morgan fingerprint density at radius 2 is 1.76 bits per heavy atom. The molecule has 0 spiro atoms. The summed E-state index contributed by atoms with van der Waals surface area (Å²) in [6, 6.07) is 14.8. The molecule has 2 N–H and O–H groups in total. The zero-order chi connectivity index (χ0) is 18.0. The van der Waals surface area contributed by atoms with Gasteiger partial charge in [-0.1, -0.05) is 81.5 Å². The predicted molar refractivity (Wildman–Crippen MR) is 110 cm³/mol. The van der Waals surface area contributed by atoms with Gasteiger partial charge in [-0.3, -0.25) is 0 Å². The first-order valence-corrected chi connectivity index (χ1v) is 8.73. The van der Waals surface area contributed by atoms with Gasteiger partial charge in [-0.05, 0) is 34.6 Å². The number of nitrogens with zero attached hydrogens (tertiary/aromatic N) is 1. The Bertz CT molecular complexity index is 847. The molecule has 0 saturated carbocycles. The highest BCUT2D eigenvalue weighted by Crippen LogP contribution is 2.34. The van der Waals surface area contributed by atoms with E-state index in [1.807, 2.05) is 6.08 Å². The number of benzene rings is 2. The summed E-state index contributed by atoms with van der Waals surface area (Å²) in [6.07, 6.45) is 5.88. The summed E-state index contributed by atoms with van der Waals surface area (Å²) in [4.78, 5) is 4.67. The van der Waals surface area contributed by atoms with Crippen LogP contribution in [-0.4, -0.2) is 5.84 Å². The van der Waals surface area contributed by atoms with E-state index in [-0.39, 0.29) is 5.41 Å². The van der Waals surface area contributed by atoms with E-state index < -0.39 is 0 Å². The molecule has 0 fully saturated rings. The fourth-order valence-electron chi connectivity index (χ4n) is 3.25. The summed E-state index contributed by atoms with van der Waals surface area (Å²) in [6.45, 7) is 10.6. The third-order valence-corrected chi connectivity index (χ3v) is 4.30. The summed E-state index contributed by atoms with van der Waals surface area (Å²) in [7, 11) is 0. The van der Waals surface area contributed by atoms with Crippen molar-refractivity contribution in [3.05, 3.63) is 65.7 Å². The lowest BCUT2D eigenvalue weighted by atomic mass is 9.86. The molecule has 2 heteroatoms. The second-order valence-corrected chi connectivity index (χ2v) is 7.92. The third-order valence-electron chi connectivity index (χ3n) is 4.30. The maximum Gasteiger partial charge on any atom is 0.104 e. The van der Waals surface area contributed by atoms with Gasteiger partial charge in [0.2, 0.25) is 0 Å². The SMILES string of the molecule is C=Cc1ccc(-c2ccc3c(c2)N=C(N)CC(CC(C)(C)C)=C3)cc1. The van der Waals surface area contributed by atoms with E-state index in [9.17, 15) is 0 Å². The maximum atomic E-state index is 6.18. The average molecular weight is 330 g/mol. The molecule has 0 amide bonds. The van der Waals surface area contributed by atoms with Gasteiger partial charge >= 0.3 is 0 Å². The normalized spacial score (nSPS) is 14.2. The summed E-state index contributed by atoms with van der Waals surface area (Å²) in [5.41, 5.74) is 13.3. The lowest BCUT2D eigenvalue weighted by Gasteiger charge is -2.20. The zero-order valence-corrected chi connectivity index (χ0v) is 15.3. The van der Waals surface area contributed by atoms with Crippen LogP contribution in [0, 0.1) is 5.41 Å². The van der Waals surface area contributed by atoms with Crippen LogP contribution in [0.1, 0.15) is 44.7 Å². The zero-order valence-electron chi connectivity index (χ0n) is 15.3. The molecular formula is C23H26N2. The summed E-state index contributed by atoms with van der Waals surface area (Å²) >= 11 is 0. The quantitative estimate of drug-likeness (QED) is 0.714. The van der Waals surface area contributed by atoms with Crippen LogP contribution >= 0.6 is 0 Å². The van der Waals surface area contributed by atoms with E-state index in [1.165, 1.54) is 11.1 Å². The molecule has 0 atom stereocenters. The third kappa shape index (κ3) is 4.27. The molecule has 1 heterocycles. The van der Waals surface area contributed by atoms with Crippen molar-refractivity contribution in [3.63, 3.8) is 0 Å². The van der Waals surface area contributed by atoms with Crippen LogP contribution in [0.4, 0.5) is 5.69 Å². The Kier molecular flexibility index (Phi) is 4.63. The molecule has 1 aliphatic rings. The minimum Gasteiger partial charge on any atom is -0.387 e. The van der Waals surface area contributed by atoms with Crippen molar-refractivity contribution in [1.82, 2.24) is 0 Å². The Morgan fingerprint density at radius 3 is 2.40 bits per heavy atom. The molecule has 25 heavy (non-hydrogen) atoms. The standard InChI is InChI=1S/C23H26N2/c1-5-16-6-8-18(9-7-16)19-10-11-20-12-17(15-23(2,3)4)13-22(24)25-21(20)14-19/h5-12,14H,1,13,15H2,2-4H3,(H2,24,25). The Balaban J connectivity index is 1.99. The van der Waals surface area contributed by atoms with Crippen LogP contribution in [-0.2, 0) is 0 Å². The number of aliphatic imine (C=N–C) groups is 1. The van der Waals surface area contributed by atoms with Gasteiger partial charge in [0, 0.05) is 12.0 Å². The van der Waals surface area contributed by atoms with E-state index in [2.05, 4.69) is 80.9 Å². The molecule has 1 aliphatic heterocycles. The van der Waals surface area contributed by atoms with Crippen LogP contribution in [0.25, 0.3) is 23.3 Å². The fourth-order valence-corrected chi connectivity index (χ4v) is 3.25. The van der Waals surface area contributed by atoms with Crippen molar-refractivity contribution >= 4 is 23.7 Å². The minimum absolute atomic E-state index is 0.240. The molecule has 3 rings (SSSR count). The summed E-state index contributed by atoms with van der Waals surface area (Å²) in [5, 5.41) is 0. The highest BCUT2D eigenvalue weighted by molar-refractivity contribution is 5.90. The molecule has 128 valence electrons. The molecule has 0 bridgehead atoms. The van der Waals surface area contributed by atoms with Crippen LogP contribution in [0.2, 0.25) is 0 Å². The largest absolute Gasteiger partial charge is 0.387 e. The molecule has 0 unspecified atom stereocenters. The van der Waals surface area contributed by atoms with E-state index >= 15 is 0 Å². The van der Waals surface area contributed by atoms with Crippen molar-refractivity contribution in [2.24, 2.45) is 16.1 Å². The highest BCUT2D eigenvalue weighted by atomic mass is 14.9. The highest BCUT2D eigenvalue weighted by Gasteiger charge is 2.17. The fraction of sp³-hybridized carbons (Fsp3) is 0.261. The van der Waals surface area contributed by atoms with Crippen molar-refractivity contribution in [2.45, 2.75) is 33.6 Å². The minimum atomic E-state index is 0.240. The van der Waals surface area contributed by atoms with Crippen LogP contribution in [0.3, 0.4) is 0 Å². The van der Waals surface area contributed by atoms with Gasteiger partial charge in [0.1, 0.15) is 5.84 Å². The van der Waals surface area contributed by atoms with Crippen LogP contribution in [0.5, 0.6) is 0 Å². The number of rotatable bonds is 3. The molecule has 2 aromatic carbocycles. The Hall–Kier alpha value is -2.61. The number of fused-ring (bicyclic) bond motifs is 1. The number of nitrogens with two attached hydrogens (primary N) is 1. The molecule has 0 aromatic heterocycles. The van der Waals surface area contributed by atoms with Crippen molar-refractivity contribution in [1.29, 1.82) is 0 Å². The van der Waals surface area contributed by atoms with Crippen LogP contribution < -0.4 is 5.73 Å². The number of amidine groups is 1. The van der Waals surface area contributed by atoms with Crippen LogP contribution in [0.15, 0.2) is 59.6 Å². The monoisotopic (exact) mass is 330 g/mol. The predicted octanol–water partition coefficient (Wildman–Crippen LogP) is 6.21. The van der Waals surface area contributed by atoms with Crippen molar-refractivity contribution < 1.29 is 0 Å². The molecule has 0 radical (unpaired) electrons. The smallest absolute Gasteiger partial charge is 0.104 e. The first-order valence-electron chi connectivity index (χ1n) is 8.73. The Labute approximate surface area is 150 Å². The average Bonchev–Trinajstić information content (AvgIpc) is 2.69. The van der Waals surface area contributed by atoms with Gasteiger partial charge in [0.05, 0.1) is 5.69 Å². The van der Waals surface area contributed by atoms with Gasteiger partial charge < -0.3 is 5.73 Å². The first kappa shape index (κ1) is 17.2. The lowest BCUT2D eigenvalue weighted by molar-refractivity contribution is 0.409. The van der Waals surface area contributed by atoms with E-state index in [4.69, 9.17) is 5.73 Å². The summed E-state index contributed by atoms with van der Waals surface area (Å²) < 4.78 is 0. The van der Waals surface area contributed by atoms with Gasteiger partial charge in [-0.2, -0.15) is 0 Å². The molecule has 0 saturated heterocycles. The van der Waals surface area contributed by atoms with E-state index in [0.29, 0.717) is 5.84 Å². The number of hydrogen-bond acceptors (Lipinski definition) is 2. The van der Waals surface area contributed by atoms with E-state index in [0.717, 1.165) is 35.2 Å². The topological polar surface area (TPSA) is 38.4 Å². The second-order valence-electron chi connectivity index (χ2n) is 7.92. The second kappa shape index (κ2) is 6.72. The lowest BCUT2D eigenvalue weighted by Crippen LogP contribution is -2.14. The van der Waals surface area contributed by atoms with Gasteiger partial charge in [0.25, 0.3) is 0 Å². The Morgan fingerprint density at radius 1 is 1.08 bits per heavy atom.